The van der Waals surface area contributed by atoms with Crippen LogP contribution in [0.3, 0.4) is 0 Å². The Morgan fingerprint density at radius 2 is 1.93 bits per heavy atom. The first-order chi connectivity index (χ1) is 7.16. The molecule has 0 amide bonds. The van der Waals surface area contributed by atoms with Crippen LogP contribution in [0.25, 0.3) is 11.1 Å². The van der Waals surface area contributed by atoms with Crippen molar-refractivity contribution in [3.05, 3.63) is 58.8 Å². The molecule has 0 spiro atoms. The Hall–Kier alpha value is -1.90. The first-order valence-electron chi connectivity index (χ1n) is 4.59. The molecule has 0 radical (unpaired) electrons. The fourth-order valence-corrected chi connectivity index (χ4v) is 1.43. The van der Waals surface area contributed by atoms with Crippen LogP contribution in [0.1, 0.15) is 0 Å². The molecule has 0 aliphatic rings. The van der Waals surface area contributed by atoms with Crippen molar-refractivity contribution in [1.82, 2.24) is 4.57 Å². The number of pyridine rings is 1. The maximum absolute atomic E-state index is 13.0. The fraction of sp³-hybridized carbons (Fsp3) is 0.0833. The minimum atomic E-state index is -0.277. The Morgan fingerprint density at radius 1 is 1.13 bits per heavy atom. The number of nitrogens with zero attached hydrogens (tertiary/aromatic N) is 1. The Balaban J connectivity index is 2.55. The van der Waals surface area contributed by atoms with Crippen LogP contribution in [0, 0.1) is 5.82 Å². The lowest BCUT2D eigenvalue weighted by atomic mass is 10.1. The third-order valence-electron chi connectivity index (χ3n) is 2.24. The lowest BCUT2D eigenvalue weighted by Gasteiger charge is -2.03. The molecule has 0 saturated heterocycles. The van der Waals surface area contributed by atoms with Crippen molar-refractivity contribution >= 4 is 0 Å². The van der Waals surface area contributed by atoms with E-state index in [0.29, 0.717) is 0 Å². The number of aromatic nitrogens is 1. The SMILES string of the molecule is Cn1cc(-c2cccc(F)c2)ccc1=O. The Kier molecular flexibility index (Phi) is 2.37. The molecule has 2 rings (SSSR count). The highest BCUT2D eigenvalue weighted by Gasteiger charge is 2.00. The molecule has 0 aliphatic heterocycles. The van der Waals surface area contributed by atoms with Gasteiger partial charge in [-0.25, -0.2) is 4.39 Å². The highest BCUT2D eigenvalue weighted by Crippen LogP contribution is 2.18. The molecule has 0 saturated carbocycles. The summed E-state index contributed by atoms with van der Waals surface area (Å²) in [7, 11) is 1.67. The van der Waals surface area contributed by atoms with Crippen LogP contribution in [-0.2, 0) is 7.05 Å². The van der Waals surface area contributed by atoms with E-state index in [1.54, 1.807) is 25.4 Å². The molecule has 0 N–H and O–H groups in total. The van der Waals surface area contributed by atoms with Gasteiger partial charge in [0.2, 0.25) is 5.56 Å². The van der Waals surface area contributed by atoms with Crippen molar-refractivity contribution < 1.29 is 4.39 Å². The van der Waals surface area contributed by atoms with Crippen molar-refractivity contribution in [3.8, 4) is 11.1 Å². The average molecular weight is 203 g/mol. The summed E-state index contributed by atoms with van der Waals surface area (Å²) in [6, 6.07) is 9.46. The van der Waals surface area contributed by atoms with Gasteiger partial charge in [-0.2, -0.15) is 0 Å². The highest BCUT2D eigenvalue weighted by atomic mass is 19.1. The molecule has 3 heteroatoms. The first kappa shape index (κ1) is 9.65. The molecule has 15 heavy (non-hydrogen) atoms. The minimum absolute atomic E-state index is 0.0739. The molecule has 2 nitrogen and oxygen atoms in total. The Bertz CT molecular complexity index is 545. The van der Waals surface area contributed by atoms with E-state index in [4.69, 9.17) is 0 Å². The van der Waals surface area contributed by atoms with E-state index in [-0.39, 0.29) is 11.4 Å². The maximum Gasteiger partial charge on any atom is 0.250 e. The summed E-state index contributed by atoms with van der Waals surface area (Å²) < 4.78 is 14.4. The fourth-order valence-electron chi connectivity index (χ4n) is 1.43. The molecule has 1 aromatic carbocycles. The van der Waals surface area contributed by atoms with E-state index in [1.807, 2.05) is 6.07 Å². The van der Waals surface area contributed by atoms with Gasteiger partial charge >= 0.3 is 0 Å². The quantitative estimate of drug-likeness (QED) is 0.696. The lowest BCUT2D eigenvalue weighted by molar-refractivity contribution is 0.628. The van der Waals surface area contributed by atoms with E-state index >= 15 is 0 Å². The van der Waals surface area contributed by atoms with Gasteiger partial charge in [-0.1, -0.05) is 12.1 Å². The second kappa shape index (κ2) is 3.69. The molecule has 0 bridgehead atoms. The van der Waals surface area contributed by atoms with Gasteiger partial charge in [0.1, 0.15) is 5.82 Å². The van der Waals surface area contributed by atoms with Crippen LogP contribution in [0.5, 0.6) is 0 Å². The number of benzene rings is 1. The zero-order valence-electron chi connectivity index (χ0n) is 8.27. The summed E-state index contributed by atoms with van der Waals surface area (Å²) in [5, 5.41) is 0. The zero-order chi connectivity index (χ0) is 10.8. The van der Waals surface area contributed by atoms with Crippen LogP contribution in [0.15, 0.2) is 47.4 Å². The van der Waals surface area contributed by atoms with Crippen molar-refractivity contribution in [1.29, 1.82) is 0 Å². The standard InChI is InChI=1S/C12H10FNO/c1-14-8-10(5-6-12(14)15)9-3-2-4-11(13)7-9/h2-8H,1H3. The van der Waals surface area contributed by atoms with Crippen LogP contribution < -0.4 is 5.56 Å². The summed E-state index contributed by atoms with van der Waals surface area (Å²) in [6.07, 6.45) is 1.69. The van der Waals surface area contributed by atoms with E-state index < -0.39 is 0 Å². The molecule has 2 aromatic rings. The van der Waals surface area contributed by atoms with Crippen molar-refractivity contribution in [2.75, 3.05) is 0 Å². The topological polar surface area (TPSA) is 22.0 Å². The van der Waals surface area contributed by atoms with Crippen molar-refractivity contribution in [3.63, 3.8) is 0 Å². The number of aryl methyl sites for hydroxylation is 1. The molecule has 1 aromatic heterocycles. The normalized spacial score (nSPS) is 10.3. The monoisotopic (exact) mass is 203 g/mol. The van der Waals surface area contributed by atoms with E-state index in [2.05, 4.69) is 0 Å². The second-order valence-corrected chi connectivity index (χ2v) is 3.38. The van der Waals surface area contributed by atoms with Gasteiger partial charge < -0.3 is 4.57 Å². The number of hydrogen-bond donors (Lipinski definition) is 0. The first-order valence-corrected chi connectivity index (χ1v) is 4.59. The van der Waals surface area contributed by atoms with E-state index in [1.165, 1.54) is 22.8 Å². The van der Waals surface area contributed by atoms with Crippen LogP contribution in [0.2, 0.25) is 0 Å². The molecule has 0 fully saturated rings. The number of rotatable bonds is 1. The van der Waals surface area contributed by atoms with Gasteiger partial charge in [0.25, 0.3) is 0 Å². The predicted molar refractivity (Wildman–Crippen MR) is 57.1 cm³/mol. The summed E-state index contributed by atoms with van der Waals surface area (Å²) in [5.74, 6) is -0.277. The summed E-state index contributed by atoms with van der Waals surface area (Å²) >= 11 is 0. The lowest BCUT2D eigenvalue weighted by Crippen LogP contribution is -2.13. The average Bonchev–Trinajstić information content (AvgIpc) is 2.22. The molecule has 76 valence electrons. The van der Waals surface area contributed by atoms with Gasteiger partial charge in [-0.3, -0.25) is 4.79 Å². The molecule has 0 aliphatic carbocycles. The third kappa shape index (κ3) is 1.96. The molecular formula is C12H10FNO. The summed E-state index contributed by atoms with van der Waals surface area (Å²) in [4.78, 5) is 11.2. The van der Waals surface area contributed by atoms with Crippen molar-refractivity contribution in [2.24, 2.45) is 7.05 Å². The zero-order valence-corrected chi connectivity index (χ0v) is 8.27. The maximum atomic E-state index is 13.0. The van der Waals surface area contributed by atoms with Gasteiger partial charge in [0.15, 0.2) is 0 Å². The summed E-state index contributed by atoms with van der Waals surface area (Å²) in [5.41, 5.74) is 1.53. The third-order valence-corrected chi connectivity index (χ3v) is 2.24. The van der Waals surface area contributed by atoms with Crippen LogP contribution in [-0.4, -0.2) is 4.57 Å². The van der Waals surface area contributed by atoms with Crippen LogP contribution in [0.4, 0.5) is 4.39 Å². The van der Waals surface area contributed by atoms with E-state index in [9.17, 15) is 9.18 Å². The smallest absolute Gasteiger partial charge is 0.250 e. The van der Waals surface area contributed by atoms with Crippen molar-refractivity contribution in [2.45, 2.75) is 0 Å². The molecular weight excluding hydrogens is 193 g/mol. The number of hydrogen-bond acceptors (Lipinski definition) is 1. The molecule has 0 atom stereocenters. The molecule has 0 unspecified atom stereocenters. The summed E-state index contributed by atoms with van der Waals surface area (Å²) in [6.45, 7) is 0. The van der Waals surface area contributed by atoms with Gasteiger partial charge in [0, 0.05) is 19.3 Å². The largest absolute Gasteiger partial charge is 0.318 e. The van der Waals surface area contributed by atoms with Gasteiger partial charge in [-0.05, 0) is 29.3 Å². The van der Waals surface area contributed by atoms with Gasteiger partial charge in [-0.15, -0.1) is 0 Å². The second-order valence-electron chi connectivity index (χ2n) is 3.38. The Labute approximate surface area is 86.6 Å². The van der Waals surface area contributed by atoms with Crippen LogP contribution >= 0.6 is 0 Å². The molecule has 1 heterocycles. The Morgan fingerprint density at radius 3 is 2.60 bits per heavy atom. The number of halogens is 1. The van der Waals surface area contributed by atoms with Gasteiger partial charge in [0.05, 0.1) is 0 Å². The highest BCUT2D eigenvalue weighted by molar-refractivity contribution is 5.62. The van der Waals surface area contributed by atoms with E-state index in [0.717, 1.165) is 11.1 Å². The predicted octanol–water partition coefficient (Wildman–Crippen LogP) is 2.19. The minimum Gasteiger partial charge on any atom is -0.318 e.